The molecule has 0 spiro atoms. The van der Waals surface area contributed by atoms with Gasteiger partial charge >= 0.3 is 0 Å². The number of ether oxygens (including phenoxy) is 1. The maximum Gasteiger partial charge on any atom is 0.191 e. The Balaban J connectivity index is 2.15. The molecule has 0 radical (unpaired) electrons. The summed E-state index contributed by atoms with van der Waals surface area (Å²) in [6.45, 7) is 0.0787. The molecule has 1 heterocycles. The zero-order chi connectivity index (χ0) is 13.0. The number of rotatable bonds is 4. The van der Waals surface area contributed by atoms with Crippen LogP contribution in [-0.2, 0) is 11.9 Å². The highest BCUT2D eigenvalue weighted by atomic mass is 79.9. The summed E-state index contributed by atoms with van der Waals surface area (Å²) in [6.07, 6.45) is 3.21. The van der Waals surface area contributed by atoms with Gasteiger partial charge < -0.3 is 4.74 Å². The van der Waals surface area contributed by atoms with Gasteiger partial charge in [-0.1, -0.05) is 22.0 Å². The standard InChI is InChI=1S/C13H10BrF2NO/c14-6-10-4-11(15)13(12(16)5-10)18-8-9-2-1-3-17-7-9/h1-5,7H,6,8H2. The van der Waals surface area contributed by atoms with Gasteiger partial charge in [0, 0.05) is 23.3 Å². The van der Waals surface area contributed by atoms with E-state index in [1.165, 1.54) is 12.1 Å². The Bertz CT molecular complexity index is 511. The Morgan fingerprint density at radius 2 is 1.89 bits per heavy atom. The molecule has 0 saturated carbocycles. The van der Waals surface area contributed by atoms with Gasteiger partial charge in [-0.2, -0.15) is 0 Å². The largest absolute Gasteiger partial charge is 0.483 e. The minimum Gasteiger partial charge on any atom is -0.483 e. The van der Waals surface area contributed by atoms with Crippen LogP contribution in [0.1, 0.15) is 11.1 Å². The molecule has 5 heteroatoms. The number of pyridine rings is 1. The van der Waals surface area contributed by atoms with Gasteiger partial charge in [-0.25, -0.2) is 8.78 Å². The Morgan fingerprint density at radius 1 is 1.17 bits per heavy atom. The van der Waals surface area contributed by atoms with Gasteiger partial charge in [-0.15, -0.1) is 0 Å². The summed E-state index contributed by atoms with van der Waals surface area (Å²) >= 11 is 3.14. The first-order valence-electron chi connectivity index (χ1n) is 5.26. The summed E-state index contributed by atoms with van der Waals surface area (Å²) in [7, 11) is 0. The molecular weight excluding hydrogens is 304 g/mol. The third kappa shape index (κ3) is 3.04. The van der Waals surface area contributed by atoms with E-state index in [1.807, 2.05) is 0 Å². The topological polar surface area (TPSA) is 22.1 Å². The van der Waals surface area contributed by atoms with Gasteiger partial charge in [0.15, 0.2) is 17.4 Å². The van der Waals surface area contributed by atoms with Gasteiger partial charge in [0.05, 0.1) is 0 Å². The molecule has 0 amide bonds. The zero-order valence-electron chi connectivity index (χ0n) is 9.37. The van der Waals surface area contributed by atoms with Crippen molar-refractivity contribution in [1.29, 1.82) is 0 Å². The maximum atomic E-state index is 13.6. The van der Waals surface area contributed by atoms with E-state index >= 15 is 0 Å². The first-order valence-corrected chi connectivity index (χ1v) is 6.38. The van der Waals surface area contributed by atoms with E-state index < -0.39 is 11.6 Å². The van der Waals surface area contributed by atoms with Crippen molar-refractivity contribution in [2.24, 2.45) is 0 Å². The lowest BCUT2D eigenvalue weighted by molar-refractivity contribution is 0.273. The molecule has 94 valence electrons. The lowest BCUT2D eigenvalue weighted by atomic mass is 10.2. The number of nitrogens with zero attached hydrogens (tertiary/aromatic N) is 1. The van der Waals surface area contributed by atoms with E-state index in [0.29, 0.717) is 10.9 Å². The fourth-order valence-corrected chi connectivity index (χ4v) is 1.79. The molecule has 0 unspecified atom stereocenters. The highest BCUT2D eigenvalue weighted by molar-refractivity contribution is 9.08. The predicted octanol–water partition coefficient (Wildman–Crippen LogP) is 3.83. The quantitative estimate of drug-likeness (QED) is 0.800. The number of halogens is 3. The van der Waals surface area contributed by atoms with Crippen LogP contribution < -0.4 is 4.74 Å². The van der Waals surface area contributed by atoms with Crippen molar-refractivity contribution >= 4 is 15.9 Å². The Labute approximate surface area is 112 Å². The van der Waals surface area contributed by atoms with Gasteiger partial charge in [0.2, 0.25) is 0 Å². The van der Waals surface area contributed by atoms with Crippen molar-refractivity contribution in [3.63, 3.8) is 0 Å². The summed E-state index contributed by atoms with van der Waals surface area (Å²) in [6, 6.07) is 6.00. The van der Waals surface area contributed by atoms with Gasteiger partial charge in [-0.05, 0) is 23.8 Å². The number of hydrogen-bond acceptors (Lipinski definition) is 2. The molecule has 0 bridgehead atoms. The third-order valence-electron chi connectivity index (χ3n) is 2.32. The van der Waals surface area contributed by atoms with E-state index in [4.69, 9.17) is 4.74 Å². The molecule has 0 aliphatic heterocycles. The highest BCUT2D eigenvalue weighted by Gasteiger charge is 2.12. The van der Waals surface area contributed by atoms with Crippen LogP contribution in [0.3, 0.4) is 0 Å². The SMILES string of the molecule is Fc1cc(CBr)cc(F)c1OCc1cccnc1. The average Bonchev–Trinajstić information content (AvgIpc) is 2.38. The minimum atomic E-state index is -0.701. The molecule has 2 rings (SSSR count). The lowest BCUT2D eigenvalue weighted by Crippen LogP contribution is -2.01. The summed E-state index contributed by atoms with van der Waals surface area (Å²) in [5.74, 6) is -1.76. The number of hydrogen-bond donors (Lipinski definition) is 0. The molecule has 0 aliphatic rings. The molecule has 0 aliphatic carbocycles. The predicted molar refractivity (Wildman–Crippen MR) is 67.6 cm³/mol. The van der Waals surface area contributed by atoms with E-state index in [-0.39, 0.29) is 12.4 Å². The molecule has 1 aromatic carbocycles. The van der Waals surface area contributed by atoms with E-state index in [9.17, 15) is 8.78 Å². The monoisotopic (exact) mass is 313 g/mol. The fraction of sp³-hybridized carbons (Fsp3) is 0.154. The molecule has 18 heavy (non-hydrogen) atoms. The molecule has 0 fully saturated rings. The van der Waals surface area contributed by atoms with Crippen molar-refractivity contribution in [1.82, 2.24) is 4.98 Å². The zero-order valence-corrected chi connectivity index (χ0v) is 11.0. The second kappa shape index (κ2) is 5.91. The summed E-state index contributed by atoms with van der Waals surface area (Å²) in [5.41, 5.74) is 1.28. The van der Waals surface area contributed by atoms with Crippen LogP contribution in [0, 0.1) is 11.6 Å². The molecule has 0 atom stereocenters. The number of benzene rings is 1. The van der Waals surface area contributed by atoms with Crippen molar-refractivity contribution in [2.45, 2.75) is 11.9 Å². The van der Waals surface area contributed by atoms with Crippen molar-refractivity contribution in [3.8, 4) is 5.75 Å². The second-order valence-electron chi connectivity index (χ2n) is 3.67. The van der Waals surface area contributed by atoms with Crippen molar-refractivity contribution < 1.29 is 13.5 Å². The number of alkyl halides is 1. The van der Waals surface area contributed by atoms with Crippen LogP contribution in [0.25, 0.3) is 0 Å². The van der Waals surface area contributed by atoms with Crippen molar-refractivity contribution in [3.05, 3.63) is 59.4 Å². The van der Waals surface area contributed by atoms with E-state index in [0.717, 1.165) is 5.56 Å². The molecule has 0 saturated heterocycles. The third-order valence-corrected chi connectivity index (χ3v) is 2.97. The maximum absolute atomic E-state index is 13.6. The van der Waals surface area contributed by atoms with Crippen LogP contribution in [0.5, 0.6) is 5.75 Å². The van der Waals surface area contributed by atoms with E-state index in [2.05, 4.69) is 20.9 Å². The molecule has 1 aromatic heterocycles. The smallest absolute Gasteiger partial charge is 0.191 e. The van der Waals surface area contributed by atoms with Crippen LogP contribution >= 0.6 is 15.9 Å². The first-order chi connectivity index (χ1) is 8.70. The Kier molecular flexibility index (Phi) is 4.25. The lowest BCUT2D eigenvalue weighted by Gasteiger charge is -2.09. The second-order valence-corrected chi connectivity index (χ2v) is 4.23. The Hall–Kier alpha value is -1.49. The van der Waals surface area contributed by atoms with Gasteiger partial charge in [0.25, 0.3) is 0 Å². The highest BCUT2D eigenvalue weighted by Crippen LogP contribution is 2.25. The van der Waals surface area contributed by atoms with Gasteiger partial charge in [-0.3, -0.25) is 4.98 Å². The summed E-state index contributed by atoms with van der Waals surface area (Å²) < 4.78 is 32.3. The average molecular weight is 314 g/mol. The molecular formula is C13H10BrF2NO. The van der Waals surface area contributed by atoms with Crippen LogP contribution in [-0.4, -0.2) is 4.98 Å². The normalized spacial score (nSPS) is 10.4. The molecule has 0 N–H and O–H groups in total. The summed E-state index contributed by atoms with van der Waals surface area (Å²) in [4.78, 5) is 3.90. The van der Waals surface area contributed by atoms with Crippen LogP contribution in [0.15, 0.2) is 36.7 Å². The first kappa shape index (κ1) is 13.0. The molecule has 2 aromatic rings. The Morgan fingerprint density at radius 3 is 2.44 bits per heavy atom. The van der Waals surface area contributed by atoms with E-state index in [1.54, 1.807) is 24.5 Å². The van der Waals surface area contributed by atoms with Gasteiger partial charge in [0.1, 0.15) is 6.61 Å². The van der Waals surface area contributed by atoms with Crippen LogP contribution in [0.4, 0.5) is 8.78 Å². The minimum absolute atomic E-state index is 0.0787. The molecule has 2 nitrogen and oxygen atoms in total. The fourth-order valence-electron chi connectivity index (χ4n) is 1.47. The summed E-state index contributed by atoms with van der Waals surface area (Å²) in [5, 5.41) is 0.393. The van der Waals surface area contributed by atoms with Crippen molar-refractivity contribution in [2.75, 3.05) is 0 Å². The van der Waals surface area contributed by atoms with Crippen LogP contribution in [0.2, 0.25) is 0 Å². The number of aromatic nitrogens is 1.